The van der Waals surface area contributed by atoms with E-state index in [4.69, 9.17) is 9.47 Å². The van der Waals surface area contributed by atoms with Crippen molar-refractivity contribution in [3.63, 3.8) is 0 Å². The van der Waals surface area contributed by atoms with Crippen LogP contribution >= 0.6 is 11.8 Å². The van der Waals surface area contributed by atoms with Crippen LogP contribution in [-0.4, -0.2) is 125 Å². The van der Waals surface area contributed by atoms with Crippen LogP contribution in [0.4, 0.5) is 5.69 Å². The second-order valence-electron chi connectivity index (χ2n) is 12.9. The Labute approximate surface area is 277 Å². The van der Waals surface area contributed by atoms with Crippen molar-refractivity contribution >= 4 is 35.2 Å². The zero-order chi connectivity index (χ0) is 32.9. The normalized spacial score (nSPS) is 28.6. The second-order valence-corrected chi connectivity index (χ2v) is 14.8. The molecule has 0 aliphatic carbocycles. The molecule has 1 aromatic carbocycles. The van der Waals surface area contributed by atoms with Crippen LogP contribution in [0.25, 0.3) is 0 Å². The van der Waals surface area contributed by atoms with Gasteiger partial charge in [-0.05, 0) is 63.8 Å². The summed E-state index contributed by atoms with van der Waals surface area (Å²) in [6.45, 7) is 17.7. The van der Waals surface area contributed by atoms with E-state index in [1.165, 1.54) is 0 Å². The van der Waals surface area contributed by atoms with Gasteiger partial charge >= 0.3 is 0 Å². The lowest BCUT2D eigenvalue weighted by Gasteiger charge is -2.38. The molecule has 252 valence electrons. The maximum atomic E-state index is 14.7. The van der Waals surface area contributed by atoms with Crippen molar-refractivity contribution in [2.24, 2.45) is 11.8 Å². The number of unbranched alkanes of at least 4 members (excludes halogenated alkanes) is 1. The van der Waals surface area contributed by atoms with Crippen LogP contribution in [0.15, 0.2) is 49.6 Å². The first kappa shape index (κ1) is 34.5. The molecular weight excluding hydrogens is 604 g/mol. The summed E-state index contributed by atoms with van der Waals surface area (Å²) in [4.78, 5) is 51.6. The van der Waals surface area contributed by atoms with E-state index in [1.807, 2.05) is 36.1 Å². The minimum atomic E-state index is -0.709. The number of anilines is 1. The molecule has 11 heteroatoms. The molecule has 4 heterocycles. The fourth-order valence-corrected chi connectivity index (χ4v) is 10.3. The molecule has 1 spiro atoms. The van der Waals surface area contributed by atoms with Gasteiger partial charge in [0.1, 0.15) is 11.8 Å². The van der Waals surface area contributed by atoms with E-state index in [0.29, 0.717) is 65.3 Å². The van der Waals surface area contributed by atoms with Crippen LogP contribution in [0.2, 0.25) is 0 Å². The third-order valence-corrected chi connectivity index (χ3v) is 12.1. The summed E-state index contributed by atoms with van der Waals surface area (Å²) in [5.41, 5.74) is 0.719. The van der Waals surface area contributed by atoms with Gasteiger partial charge in [0, 0.05) is 62.9 Å². The fraction of sp³-hybridized carbons (Fsp3) is 0.629. The standard InChI is InChI=1S/C35H50N4O6S/c1-5-16-37(20-19-36-21-24-44-25-22-36)33(43)30-35-15-14-34(4,46-35)28(29(35)32(42)39(30)18-8-9-23-40)31(41)38(17-6-2)26-10-12-27(13-11-26)45-7-3/h5-6,10-13,28-30,40H,1-2,7-9,14-25H2,3-4H3/t28-,29-,30?,34+,35?/m0/s1. The molecule has 0 saturated carbocycles. The molecule has 0 radical (unpaired) electrons. The fourth-order valence-electron chi connectivity index (χ4n) is 7.93. The lowest BCUT2D eigenvalue weighted by Crippen LogP contribution is -2.56. The first-order valence-electron chi connectivity index (χ1n) is 16.7. The molecule has 5 rings (SSSR count). The Balaban J connectivity index is 1.47. The predicted molar refractivity (Wildman–Crippen MR) is 181 cm³/mol. The van der Waals surface area contributed by atoms with E-state index in [1.54, 1.807) is 33.7 Å². The summed E-state index contributed by atoms with van der Waals surface area (Å²) >= 11 is 1.69. The van der Waals surface area contributed by atoms with E-state index < -0.39 is 27.4 Å². The Morgan fingerprint density at radius 2 is 1.80 bits per heavy atom. The topological polar surface area (TPSA) is 103 Å². The van der Waals surface area contributed by atoms with Gasteiger partial charge in [0.2, 0.25) is 17.7 Å². The van der Waals surface area contributed by atoms with E-state index >= 15 is 0 Å². The van der Waals surface area contributed by atoms with Gasteiger partial charge < -0.3 is 29.3 Å². The summed E-state index contributed by atoms with van der Waals surface area (Å²) in [6.07, 6.45) is 6.01. The molecule has 4 saturated heterocycles. The maximum Gasteiger partial charge on any atom is 0.247 e. The minimum Gasteiger partial charge on any atom is -0.494 e. The number of hydrogen-bond acceptors (Lipinski definition) is 8. The Morgan fingerprint density at radius 1 is 1.09 bits per heavy atom. The third-order valence-electron chi connectivity index (χ3n) is 10.1. The van der Waals surface area contributed by atoms with E-state index in [9.17, 15) is 19.5 Å². The Morgan fingerprint density at radius 3 is 2.46 bits per heavy atom. The number of aliphatic hydroxyl groups is 1. The van der Waals surface area contributed by atoms with Crippen molar-refractivity contribution in [2.45, 2.75) is 55.1 Å². The zero-order valence-electron chi connectivity index (χ0n) is 27.4. The van der Waals surface area contributed by atoms with Crippen LogP contribution in [0.1, 0.15) is 39.5 Å². The highest BCUT2D eigenvalue weighted by atomic mass is 32.2. The quantitative estimate of drug-likeness (QED) is 0.214. The van der Waals surface area contributed by atoms with Gasteiger partial charge in [0.15, 0.2) is 0 Å². The molecule has 2 bridgehead atoms. The molecule has 0 aromatic heterocycles. The van der Waals surface area contributed by atoms with Crippen LogP contribution < -0.4 is 9.64 Å². The van der Waals surface area contributed by atoms with Crippen LogP contribution in [-0.2, 0) is 19.1 Å². The van der Waals surface area contributed by atoms with E-state index in [0.717, 1.165) is 37.5 Å². The number of amides is 3. The number of benzene rings is 1. The van der Waals surface area contributed by atoms with Crippen LogP contribution in [0.3, 0.4) is 0 Å². The highest BCUT2D eigenvalue weighted by Gasteiger charge is 2.77. The Bertz CT molecular complexity index is 1270. The lowest BCUT2D eigenvalue weighted by molar-refractivity contribution is -0.143. The lowest BCUT2D eigenvalue weighted by atomic mass is 9.66. The SMILES string of the molecule is C=CCN(CCN1CCOCC1)C(=O)C1N(CCCCO)C(=O)[C@@H]2[C@@H](C(=O)N(CC=C)c3ccc(OCC)cc3)[C@@]3(C)CCC12S3. The summed E-state index contributed by atoms with van der Waals surface area (Å²) in [5, 5.41) is 9.54. The van der Waals surface area contributed by atoms with Crippen molar-refractivity contribution < 1.29 is 29.0 Å². The number of carbonyl (C=O) groups is 3. The third kappa shape index (κ3) is 6.48. The molecule has 1 aromatic rings. The van der Waals surface area contributed by atoms with Crippen molar-refractivity contribution in [1.29, 1.82) is 0 Å². The molecule has 10 nitrogen and oxygen atoms in total. The zero-order valence-corrected chi connectivity index (χ0v) is 28.2. The molecule has 4 aliphatic heterocycles. The first-order chi connectivity index (χ1) is 22.2. The first-order valence-corrected chi connectivity index (χ1v) is 17.5. The highest BCUT2D eigenvalue weighted by Crippen LogP contribution is 2.71. The minimum absolute atomic E-state index is 0.0177. The summed E-state index contributed by atoms with van der Waals surface area (Å²) in [6, 6.07) is 6.76. The van der Waals surface area contributed by atoms with Gasteiger partial charge in [-0.2, -0.15) is 0 Å². The van der Waals surface area contributed by atoms with Crippen molar-refractivity contribution in [2.75, 3.05) is 77.1 Å². The van der Waals surface area contributed by atoms with Crippen LogP contribution in [0, 0.1) is 11.8 Å². The molecule has 46 heavy (non-hydrogen) atoms. The average molecular weight is 655 g/mol. The molecule has 5 atom stereocenters. The molecule has 3 amide bonds. The Kier molecular flexibility index (Phi) is 11.2. The number of thioether (sulfide) groups is 1. The van der Waals surface area contributed by atoms with Crippen molar-refractivity contribution in [3.8, 4) is 5.75 Å². The average Bonchev–Trinajstić information content (AvgIpc) is 3.63. The number of aliphatic hydroxyl groups excluding tert-OH is 1. The predicted octanol–water partition coefficient (Wildman–Crippen LogP) is 3.20. The number of ether oxygens (including phenoxy) is 2. The van der Waals surface area contributed by atoms with Crippen molar-refractivity contribution in [3.05, 3.63) is 49.6 Å². The number of likely N-dealkylation sites (tertiary alicyclic amines) is 1. The van der Waals surface area contributed by atoms with E-state index in [-0.39, 0.29) is 24.3 Å². The number of hydrogen-bond donors (Lipinski definition) is 1. The number of rotatable bonds is 16. The van der Waals surface area contributed by atoms with E-state index in [2.05, 4.69) is 25.0 Å². The largest absolute Gasteiger partial charge is 0.494 e. The monoisotopic (exact) mass is 654 g/mol. The molecule has 1 N–H and O–H groups in total. The number of nitrogens with zero attached hydrogens (tertiary/aromatic N) is 4. The molecule has 2 unspecified atom stereocenters. The summed E-state index contributed by atoms with van der Waals surface area (Å²) in [5.74, 6) is -0.800. The van der Waals surface area contributed by atoms with Gasteiger partial charge in [-0.25, -0.2) is 0 Å². The Hall–Kier alpha value is -2.86. The smallest absolute Gasteiger partial charge is 0.247 e. The van der Waals surface area contributed by atoms with Crippen molar-refractivity contribution in [1.82, 2.24) is 14.7 Å². The molecule has 4 aliphatic rings. The van der Waals surface area contributed by atoms with Crippen LogP contribution in [0.5, 0.6) is 5.75 Å². The number of carbonyl (C=O) groups excluding carboxylic acids is 3. The van der Waals surface area contributed by atoms with Gasteiger partial charge in [0.25, 0.3) is 0 Å². The maximum absolute atomic E-state index is 14.7. The number of fused-ring (bicyclic) bond motifs is 1. The summed E-state index contributed by atoms with van der Waals surface area (Å²) < 4.78 is 9.92. The summed E-state index contributed by atoms with van der Waals surface area (Å²) in [7, 11) is 0. The molecule has 4 fully saturated rings. The van der Waals surface area contributed by atoms with Gasteiger partial charge in [-0.3, -0.25) is 19.3 Å². The number of morpholine rings is 1. The van der Waals surface area contributed by atoms with Gasteiger partial charge in [-0.1, -0.05) is 12.2 Å². The van der Waals surface area contributed by atoms with Gasteiger partial charge in [-0.15, -0.1) is 24.9 Å². The molecular formula is C35H50N4O6S. The highest BCUT2D eigenvalue weighted by molar-refractivity contribution is 8.02. The second kappa shape index (κ2) is 14.9. The van der Waals surface area contributed by atoms with Gasteiger partial charge in [0.05, 0.1) is 36.4 Å².